The van der Waals surface area contributed by atoms with Gasteiger partial charge in [-0.05, 0) is 35.7 Å². The maximum absolute atomic E-state index is 12.5. The summed E-state index contributed by atoms with van der Waals surface area (Å²) in [5.74, 6) is -0.284. The molecule has 0 aliphatic carbocycles. The highest BCUT2D eigenvalue weighted by molar-refractivity contribution is 5.89. The van der Waals surface area contributed by atoms with E-state index in [1.165, 1.54) is 7.11 Å². The first-order valence-corrected chi connectivity index (χ1v) is 7.29. The number of nitrogens with zero attached hydrogens (tertiary/aromatic N) is 2. The van der Waals surface area contributed by atoms with Gasteiger partial charge in [0.1, 0.15) is 11.6 Å². The van der Waals surface area contributed by atoms with Gasteiger partial charge in [-0.25, -0.2) is 4.79 Å². The Labute approximate surface area is 134 Å². The molecule has 0 saturated heterocycles. The molecule has 1 aromatic carbocycles. The van der Waals surface area contributed by atoms with E-state index in [-0.39, 0.29) is 17.0 Å². The normalized spacial score (nSPS) is 10.4. The van der Waals surface area contributed by atoms with Gasteiger partial charge in [-0.3, -0.25) is 4.79 Å². The fraction of sp³-hybridized carbons (Fsp3) is 0.278. The van der Waals surface area contributed by atoms with E-state index in [0.717, 1.165) is 11.3 Å². The summed E-state index contributed by atoms with van der Waals surface area (Å²) in [6.45, 7) is 4.27. The van der Waals surface area contributed by atoms with Crippen LogP contribution in [0.15, 0.2) is 41.2 Å². The monoisotopic (exact) mass is 310 g/mol. The Bertz CT molecular complexity index is 829. The fourth-order valence-electron chi connectivity index (χ4n) is 2.44. The number of methoxy groups -OCH3 is 1. The van der Waals surface area contributed by atoms with Crippen molar-refractivity contribution < 1.29 is 9.53 Å². The highest BCUT2D eigenvalue weighted by atomic mass is 16.5. The van der Waals surface area contributed by atoms with Crippen LogP contribution in [-0.4, -0.2) is 17.6 Å². The minimum atomic E-state index is -0.422. The van der Waals surface area contributed by atoms with Crippen LogP contribution in [-0.2, 0) is 11.3 Å². The van der Waals surface area contributed by atoms with Gasteiger partial charge >= 0.3 is 5.97 Å². The molecule has 23 heavy (non-hydrogen) atoms. The number of pyridine rings is 1. The molecule has 0 amide bonds. The Kier molecular flexibility index (Phi) is 4.97. The number of carbonyl (C=O) groups excluding carboxylic acids is 1. The average molecular weight is 310 g/mol. The third kappa shape index (κ3) is 3.49. The van der Waals surface area contributed by atoms with Gasteiger partial charge in [0.25, 0.3) is 5.56 Å². The van der Waals surface area contributed by atoms with Gasteiger partial charge < -0.3 is 9.30 Å². The maximum Gasteiger partial charge on any atom is 0.337 e. The molecule has 1 heterocycles. The van der Waals surface area contributed by atoms with Crippen molar-refractivity contribution in [3.8, 4) is 6.07 Å². The second-order valence-electron chi connectivity index (χ2n) is 5.52. The van der Waals surface area contributed by atoms with Crippen LogP contribution in [0, 0.1) is 11.3 Å². The molecule has 1 aromatic heterocycles. The minimum Gasteiger partial charge on any atom is -0.465 e. The molecule has 2 rings (SSSR count). The Balaban J connectivity index is 2.50. The van der Waals surface area contributed by atoms with Gasteiger partial charge in [0.15, 0.2) is 0 Å². The van der Waals surface area contributed by atoms with Crippen LogP contribution in [0.4, 0.5) is 0 Å². The predicted molar refractivity (Wildman–Crippen MR) is 86.4 cm³/mol. The van der Waals surface area contributed by atoms with E-state index in [0.29, 0.717) is 12.1 Å². The SMILES string of the molecule is COC(=O)c1cccc(Cn2c(C(C)C)ccc(C#N)c2=O)c1. The molecule has 0 spiro atoms. The Morgan fingerprint density at radius 3 is 2.65 bits per heavy atom. The second kappa shape index (κ2) is 6.93. The number of benzene rings is 1. The largest absolute Gasteiger partial charge is 0.465 e. The van der Waals surface area contributed by atoms with Crippen LogP contribution in [0.5, 0.6) is 0 Å². The fourth-order valence-corrected chi connectivity index (χ4v) is 2.44. The van der Waals surface area contributed by atoms with Crippen molar-refractivity contribution in [3.63, 3.8) is 0 Å². The molecule has 0 saturated carbocycles. The lowest BCUT2D eigenvalue weighted by atomic mass is 10.1. The molecular weight excluding hydrogens is 292 g/mol. The lowest BCUT2D eigenvalue weighted by Gasteiger charge is -2.16. The van der Waals surface area contributed by atoms with Crippen molar-refractivity contribution in [2.75, 3.05) is 7.11 Å². The van der Waals surface area contributed by atoms with E-state index in [9.17, 15) is 9.59 Å². The molecule has 5 nitrogen and oxygen atoms in total. The van der Waals surface area contributed by atoms with Crippen molar-refractivity contribution in [2.45, 2.75) is 26.3 Å². The van der Waals surface area contributed by atoms with Crippen molar-refractivity contribution in [2.24, 2.45) is 0 Å². The Morgan fingerprint density at radius 1 is 1.30 bits per heavy atom. The lowest BCUT2D eigenvalue weighted by molar-refractivity contribution is 0.0600. The van der Waals surface area contributed by atoms with Crippen molar-refractivity contribution in [1.82, 2.24) is 4.57 Å². The summed E-state index contributed by atoms with van der Waals surface area (Å²) in [6, 6.07) is 12.2. The van der Waals surface area contributed by atoms with E-state index < -0.39 is 5.97 Å². The van der Waals surface area contributed by atoms with Gasteiger partial charge in [0.2, 0.25) is 0 Å². The molecule has 0 unspecified atom stereocenters. The number of aromatic nitrogens is 1. The smallest absolute Gasteiger partial charge is 0.337 e. The topological polar surface area (TPSA) is 72.1 Å². The molecule has 0 fully saturated rings. The van der Waals surface area contributed by atoms with Gasteiger partial charge in [-0.15, -0.1) is 0 Å². The number of carbonyl (C=O) groups is 1. The third-order valence-electron chi connectivity index (χ3n) is 3.61. The molecule has 0 aliphatic heterocycles. The number of esters is 1. The highest BCUT2D eigenvalue weighted by Crippen LogP contribution is 2.15. The van der Waals surface area contributed by atoms with Crippen molar-refractivity contribution in [1.29, 1.82) is 5.26 Å². The van der Waals surface area contributed by atoms with Crippen molar-refractivity contribution >= 4 is 5.97 Å². The van der Waals surface area contributed by atoms with Crippen LogP contribution >= 0.6 is 0 Å². The number of ether oxygens (including phenoxy) is 1. The number of hydrogen-bond donors (Lipinski definition) is 0. The Hall–Kier alpha value is -2.87. The summed E-state index contributed by atoms with van der Waals surface area (Å²) in [5.41, 5.74) is 1.87. The second-order valence-corrected chi connectivity index (χ2v) is 5.52. The standard InChI is InChI=1S/C18H18N2O3/c1-12(2)16-8-7-15(10-19)17(21)20(16)11-13-5-4-6-14(9-13)18(22)23-3/h4-9,12H,11H2,1-3H3. The molecule has 5 heteroatoms. The van der Waals surface area contributed by atoms with Gasteiger partial charge in [0.05, 0.1) is 19.2 Å². The van der Waals surface area contributed by atoms with E-state index >= 15 is 0 Å². The van der Waals surface area contributed by atoms with E-state index in [4.69, 9.17) is 10.00 Å². The van der Waals surface area contributed by atoms with Crippen LogP contribution in [0.1, 0.15) is 46.9 Å². The molecular formula is C18H18N2O3. The third-order valence-corrected chi connectivity index (χ3v) is 3.61. The van der Waals surface area contributed by atoms with Crippen LogP contribution < -0.4 is 5.56 Å². The van der Waals surface area contributed by atoms with Crippen LogP contribution in [0.3, 0.4) is 0 Å². The Morgan fingerprint density at radius 2 is 2.04 bits per heavy atom. The van der Waals surface area contributed by atoms with E-state index in [1.54, 1.807) is 34.9 Å². The summed E-state index contributed by atoms with van der Waals surface area (Å²) >= 11 is 0. The summed E-state index contributed by atoms with van der Waals surface area (Å²) in [4.78, 5) is 24.1. The zero-order chi connectivity index (χ0) is 17.0. The minimum absolute atomic E-state index is 0.110. The summed E-state index contributed by atoms with van der Waals surface area (Å²) in [5, 5.41) is 9.06. The zero-order valence-corrected chi connectivity index (χ0v) is 13.4. The van der Waals surface area contributed by atoms with Crippen LogP contribution in [0.25, 0.3) is 0 Å². The first-order valence-electron chi connectivity index (χ1n) is 7.29. The molecule has 0 atom stereocenters. The first-order chi connectivity index (χ1) is 11.0. The summed E-state index contributed by atoms with van der Waals surface area (Å²) in [6.07, 6.45) is 0. The molecule has 0 radical (unpaired) electrons. The van der Waals surface area contributed by atoms with Gasteiger partial charge in [0, 0.05) is 5.69 Å². The van der Waals surface area contributed by atoms with Crippen molar-refractivity contribution in [3.05, 3.63) is 69.1 Å². The summed E-state index contributed by atoms with van der Waals surface area (Å²) in [7, 11) is 1.33. The van der Waals surface area contributed by atoms with E-state index in [2.05, 4.69) is 0 Å². The average Bonchev–Trinajstić information content (AvgIpc) is 2.55. The predicted octanol–water partition coefficient (Wildman–Crippen LogP) is 2.68. The maximum atomic E-state index is 12.5. The number of hydrogen-bond acceptors (Lipinski definition) is 4. The zero-order valence-electron chi connectivity index (χ0n) is 13.4. The molecule has 0 bridgehead atoms. The highest BCUT2D eigenvalue weighted by Gasteiger charge is 2.13. The first kappa shape index (κ1) is 16.5. The number of rotatable bonds is 4. The molecule has 0 N–H and O–H groups in total. The van der Waals surface area contributed by atoms with Crippen LogP contribution in [0.2, 0.25) is 0 Å². The summed E-state index contributed by atoms with van der Waals surface area (Å²) < 4.78 is 6.30. The van der Waals surface area contributed by atoms with Gasteiger partial charge in [-0.2, -0.15) is 5.26 Å². The van der Waals surface area contributed by atoms with E-state index in [1.807, 2.05) is 26.0 Å². The molecule has 2 aromatic rings. The van der Waals surface area contributed by atoms with Gasteiger partial charge in [-0.1, -0.05) is 26.0 Å². The molecule has 118 valence electrons. The number of nitriles is 1. The molecule has 0 aliphatic rings. The lowest BCUT2D eigenvalue weighted by Crippen LogP contribution is -2.26. The quantitative estimate of drug-likeness (QED) is 0.814.